The molecular formula is C12H18BrN3S. The van der Waals surface area contributed by atoms with Gasteiger partial charge in [-0.3, -0.25) is 0 Å². The molecular weight excluding hydrogens is 298 g/mol. The first kappa shape index (κ1) is 13.1. The van der Waals surface area contributed by atoms with Gasteiger partial charge >= 0.3 is 0 Å². The number of anilines is 1. The largest absolute Gasteiger partial charge is 0.367 e. The van der Waals surface area contributed by atoms with Gasteiger partial charge in [-0.2, -0.15) is 11.8 Å². The standard InChI is InChI=1S/C12H18BrN3S/c1-2-3-11-15-10(13)8-12(16-11)14-9-4-6-17-7-5-9/h8-9H,2-7H2,1H3,(H,14,15,16). The van der Waals surface area contributed by atoms with Crippen molar-refractivity contribution in [3.63, 3.8) is 0 Å². The molecule has 0 amide bonds. The van der Waals surface area contributed by atoms with Crippen LogP contribution in [-0.2, 0) is 6.42 Å². The highest BCUT2D eigenvalue weighted by Gasteiger charge is 2.14. The summed E-state index contributed by atoms with van der Waals surface area (Å²) in [5, 5.41) is 3.53. The fourth-order valence-corrected chi connectivity index (χ4v) is 3.45. The number of nitrogens with zero attached hydrogens (tertiary/aromatic N) is 2. The van der Waals surface area contributed by atoms with E-state index in [0.29, 0.717) is 6.04 Å². The minimum atomic E-state index is 0.576. The van der Waals surface area contributed by atoms with Crippen LogP contribution in [0.25, 0.3) is 0 Å². The summed E-state index contributed by atoms with van der Waals surface area (Å²) in [6.45, 7) is 2.15. The maximum atomic E-state index is 4.56. The lowest BCUT2D eigenvalue weighted by atomic mass is 10.1. The molecule has 5 heteroatoms. The molecule has 1 aliphatic heterocycles. The monoisotopic (exact) mass is 315 g/mol. The van der Waals surface area contributed by atoms with E-state index in [2.05, 4.69) is 38.1 Å². The van der Waals surface area contributed by atoms with Gasteiger partial charge in [0, 0.05) is 18.5 Å². The minimum Gasteiger partial charge on any atom is -0.367 e. The van der Waals surface area contributed by atoms with Crippen LogP contribution in [-0.4, -0.2) is 27.5 Å². The molecule has 1 N–H and O–H groups in total. The number of aryl methyl sites for hydroxylation is 1. The van der Waals surface area contributed by atoms with Crippen molar-refractivity contribution in [1.29, 1.82) is 0 Å². The quantitative estimate of drug-likeness (QED) is 0.863. The smallest absolute Gasteiger partial charge is 0.132 e. The number of nitrogens with one attached hydrogen (secondary N) is 1. The molecule has 1 aliphatic rings. The van der Waals surface area contributed by atoms with E-state index in [0.717, 1.165) is 29.1 Å². The summed E-state index contributed by atoms with van der Waals surface area (Å²) >= 11 is 5.49. The highest BCUT2D eigenvalue weighted by atomic mass is 79.9. The molecule has 0 saturated carbocycles. The molecule has 94 valence electrons. The fourth-order valence-electron chi connectivity index (χ4n) is 1.93. The van der Waals surface area contributed by atoms with Crippen molar-refractivity contribution >= 4 is 33.5 Å². The fraction of sp³-hybridized carbons (Fsp3) is 0.667. The van der Waals surface area contributed by atoms with Crippen molar-refractivity contribution in [3.05, 3.63) is 16.5 Å². The van der Waals surface area contributed by atoms with Crippen molar-refractivity contribution in [3.8, 4) is 0 Å². The first-order valence-corrected chi connectivity index (χ1v) is 8.10. The van der Waals surface area contributed by atoms with E-state index in [1.807, 2.05) is 17.8 Å². The Bertz CT molecular complexity index is 367. The lowest BCUT2D eigenvalue weighted by Crippen LogP contribution is -2.25. The number of hydrogen-bond acceptors (Lipinski definition) is 4. The zero-order valence-electron chi connectivity index (χ0n) is 10.1. The van der Waals surface area contributed by atoms with Gasteiger partial charge in [0.2, 0.25) is 0 Å². The highest BCUT2D eigenvalue weighted by molar-refractivity contribution is 9.10. The SMILES string of the molecule is CCCc1nc(Br)cc(NC2CCSCC2)n1. The third-order valence-corrected chi connectivity index (χ3v) is 4.24. The molecule has 0 atom stereocenters. The minimum absolute atomic E-state index is 0.576. The number of hydrogen-bond donors (Lipinski definition) is 1. The van der Waals surface area contributed by atoms with Gasteiger partial charge < -0.3 is 5.32 Å². The molecule has 0 radical (unpaired) electrons. The molecule has 17 heavy (non-hydrogen) atoms. The van der Waals surface area contributed by atoms with Crippen LogP contribution in [0.5, 0.6) is 0 Å². The summed E-state index contributed by atoms with van der Waals surface area (Å²) in [7, 11) is 0. The molecule has 1 aromatic heterocycles. The topological polar surface area (TPSA) is 37.8 Å². The molecule has 0 unspecified atom stereocenters. The van der Waals surface area contributed by atoms with Crippen LogP contribution < -0.4 is 5.32 Å². The van der Waals surface area contributed by atoms with Crippen molar-refractivity contribution in [2.75, 3.05) is 16.8 Å². The first-order chi connectivity index (χ1) is 8.28. The van der Waals surface area contributed by atoms with Gasteiger partial charge in [0.25, 0.3) is 0 Å². The molecule has 3 nitrogen and oxygen atoms in total. The Morgan fingerprint density at radius 1 is 1.41 bits per heavy atom. The Morgan fingerprint density at radius 2 is 2.18 bits per heavy atom. The van der Waals surface area contributed by atoms with E-state index in [1.165, 1.54) is 24.3 Å². The van der Waals surface area contributed by atoms with Crippen molar-refractivity contribution < 1.29 is 0 Å². The van der Waals surface area contributed by atoms with Crippen molar-refractivity contribution in [2.45, 2.75) is 38.6 Å². The van der Waals surface area contributed by atoms with Gasteiger partial charge in [-0.25, -0.2) is 9.97 Å². The maximum Gasteiger partial charge on any atom is 0.132 e. The van der Waals surface area contributed by atoms with Crippen LogP contribution in [0.2, 0.25) is 0 Å². The van der Waals surface area contributed by atoms with E-state index in [-0.39, 0.29) is 0 Å². The molecule has 0 spiro atoms. The third kappa shape index (κ3) is 4.14. The summed E-state index contributed by atoms with van der Waals surface area (Å²) in [5.74, 6) is 4.40. The van der Waals surface area contributed by atoms with Gasteiger partial charge in [0.05, 0.1) is 0 Å². The summed E-state index contributed by atoms with van der Waals surface area (Å²) in [5.41, 5.74) is 0. The molecule has 1 saturated heterocycles. The highest BCUT2D eigenvalue weighted by Crippen LogP contribution is 2.21. The van der Waals surface area contributed by atoms with Gasteiger partial charge in [-0.05, 0) is 46.7 Å². The average Bonchev–Trinajstić information content (AvgIpc) is 2.30. The van der Waals surface area contributed by atoms with Crippen LogP contribution in [0.15, 0.2) is 10.7 Å². The summed E-state index contributed by atoms with van der Waals surface area (Å²) in [4.78, 5) is 8.94. The number of rotatable bonds is 4. The third-order valence-electron chi connectivity index (χ3n) is 2.79. The second kappa shape index (κ2) is 6.59. The molecule has 0 aromatic carbocycles. The molecule has 2 heterocycles. The van der Waals surface area contributed by atoms with E-state index < -0.39 is 0 Å². The van der Waals surface area contributed by atoms with E-state index in [4.69, 9.17) is 0 Å². The Kier molecular flexibility index (Phi) is 5.10. The normalized spacial score (nSPS) is 17.1. The van der Waals surface area contributed by atoms with Crippen molar-refractivity contribution in [2.24, 2.45) is 0 Å². The van der Waals surface area contributed by atoms with E-state index in [9.17, 15) is 0 Å². The molecule has 2 rings (SSSR count). The second-order valence-corrected chi connectivity index (χ2v) is 6.31. The Hall–Kier alpha value is -0.290. The van der Waals surface area contributed by atoms with Crippen LogP contribution in [0.1, 0.15) is 32.0 Å². The first-order valence-electron chi connectivity index (χ1n) is 6.15. The number of halogens is 1. The second-order valence-electron chi connectivity index (χ2n) is 4.27. The van der Waals surface area contributed by atoms with Gasteiger partial charge in [-0.1, -0.05) is 6.92 Å². The van der Waals surface area contributed by atoms with Crippen LogP contribution >= 0.6 is 27.7 Å². The number of aromatic nitrogens is 2. The zero-order valence-corrected chi connectivity index (χ0v) is 12.5. The van der Waals surface area contributed by atoms with E-state index >= 15 is 0 Å². The molecule has 1 fully saturated rings. The Balaban J connectivity index is 2.03. The molecule has 0 aliphatic carbocycles. The van der Waals surface area contributed by atoms with Gasteiger partial charge in [0.1, 0.15) is 16.2 Å². The zero-order chi connectivity index (χ0) is 12.1. The molecule has 1 aromatic rings. The van der Waals surface area contributed by atoms with Crippen LogP contribution in [0.3, 0.4) is 0 Å². The lowest BCUT2D eigenvalue weighted by Gasteiger charge is -2.23. The predicted octanol–water partition coefficient (Wildman–Crippen LogP) is 3.50. The Morgan fingerprint density at radius 3 is 2.88 bits per heavy atom. The van der Waals surface area contributed by atoms with Crippen molar-refractivity contribution in [1.82, 2.24) is 9.97 Å². The average molecular weight is 316 g/mol. The summed E-state index contributed by atoms with van der Waals surface area (Å²) in [6.07, 6.45) is 4.48. The van der Waals surface area contributed by atoms with Crippen LogP contribution in [0.4, 0.5) is 5.82 Å². The van der Waals surface area contributed by atoms with E-state index in [1.54, 1.807) is 0 Å². The van der Waals surface area contributed by atoms with Gasteiger partial charge in [-0.15, -0.1) is 0 Å². The summed E-state index contributed by atoms with van der Waals surface area (Å²) in [6, 6.07) is 2.55. The van der Waals surface area contributed by atoms with Gasteiger partial charge in [0.15, 0.2) is 0 Å². The predicted molar refractivity (Wildman–Crippen MR) is 77.7 cm³/mol. The maximum absolute atomic E-state index is 4.56. The van der Waals surface area contributed by atoms with Crippen LogP contribution in [0, 0.1) is 0 Å². The number of thioether (sulfide) groups is 1. The lowest BCUT2D eigenvalue weighted by molar-refractivity contribution is 0.661. The summed E-state index contributed by atoms with van der Waals surface area (Å²) < 4.78 is 0.878. The molecule has 0 bridgehead atoms. The Labute approximate surface area is 115 Å².